The van der Waals surface area contributed by atoms with E-state index in [1.807, 2.05) is 20.8 Å². The van der Waals surface area contributed by atoms with E-state index in [1.54, 1.807) is 18.3 Å². The molecule has 0 aliphatic carbocycles. The summed E-state index contributed by atoms with van der Waals surface area (Å²) in [6.07, 6.45) is 0.849. The Hall–Kier alpha value is -0.700. The van der Waals surface area contributed by atoms with Crippen LogP contribution < -0.4 is 0 Å². The lowest BCUT2D eigenvalue weighted by atomic mass is 10.0. The molecule has 0 saturated carbocycles. The number of hydrogen-bond donors (Lipinski definition) is 0. The molecule has 0 amide bonds. The van der Waals surface area contributed by atoms with Crippen molar-refractivity contribution in [3.63, 3.8) is 0 Å². The van der Waals surface area contributed by atoms with Crippen molar-refractivity contribution in [1.29, 1.82) is 0 Å². The molecule has 1 aromatic rings. The summed E-state index contributed by atoms with van der Waals surface area (Å²) in [5.41, 5.74) is 1.06. The number of carbonyl (C=O) groups is 1. The lowest BCUT2D eigenvalue weighted by Gasteiger charge is -2.05. The summed E-state index contributed by atoms with van der Waals surface area (Å²) in [7, 11) is 0. The van der Waals surface area contributed by atoms with Gasteiger partial charge in [0, 0.05) is 4.88 Å². The highest BCUT2D eigenvalue weighted by Gasteiger charge is 2.18. The van der Waals surface area contributed by atoms with Gasteiger partial charge in [-0.05, 0) is 27.2 Å². The fourth-order valence-electron chi connectivity index (χ4n) is 1.28. The Labute approximate surface area is 83.0 Å². The van der Waals surface area contributed by atoms with Gasteiger partial charge in [0.05, 0.1) is 11.6 Å². The molecule has 1 atom stereocenters. The summed E-state index contributed by atoms with van der Waals surface area (Å²) in [4.78, 5) is 16.9. The number of rotatable bonds is 3. The molecule has 0 aromatic carbocycles. The number of nitrogens with zero attached hydrogens (tertiary/aromatic N) is 1. The van der Waals surface area contributed by atoms with E-state index >= 15 is 0 Å². The average Bonchev–Trinajstić information content (AvgIpc) is 2.32. The minimum absolute atomic E-state index is 0.0115. The topological polar surface area (TPSA) is 30.0 Å². The molecule has 0 radical (unpaired) electrons. The molecule has 0 saturated heterocycles. The zero-order chi connectivity index (χ0) is 10.0. The Morgan fingerprint density at radius 3 is 2.46 bits per heavy atom. The summed E-state index contributed by atoms with van der Waals surface area (Å²) in [5, 5.41) is 0.977. The van der Waals surface area contributed by atoms with E-state index in [-0.39, 0.29) is 11.7 Å². The van der Waals surface area contributed by atoms with Gasteiger partial charge in [-0.15, -0.1) is 11.3 Å². The smallest absolute Gasteiger partial charge is 0.139 e. The Morgan fingerprint density at radius 1 is 1.54 bits per heavy atom. The van der Waals surface area contributed by atoms with Crippen molar-refractivity contribution in [1.82, 2.24) is 4.98 Å². The maximum atomic E-state index is 11.3. The van der Waals surface area contributed by atoms with Crippen LogP contribution >= 0.6 is 11.3 Å². The van der Waals surface area contributed by atoms with E-state index in [4.69, 9.17) is 0 Å². The van der Waals surface area contributed by atoms with E-state index in [0.717, 1.165) is 17.1 Å². The highest BCUT2D eigenvalue weighted by molar-refractivity contribution is 7.11. The van der Waals surface area contributed by atoms with Crippen molar-refractivity contribution < 1.29 is 4.79 Å². The van der Waals surface area contributed by atoms with Crippen molar-refractivity contribution in [3.05, 3.63) is 15.6 Å². The monoisotopic (exact) mass is 197 g/mol. The van der Waals surface area contributed by atoms with Crippen molar-refractivity contribution in [3.8, 4) is 0 Å². The van der Waals surface area contributed by atoms with Crippen LogP contribution in [-0.2, 0) is 4.79 Å². The van der Waals surface area contributed by atoms with Gasteiger partial charge >= 0.3 is 0 Å². The van der Waals surface area contributed by atoms with Gasteiger partial charge in [0.15, 0.2) is 0 Å². The molecular weight excluding hydrogens is 182 g/mol. The summed E-state index contributed by atoms with van der Waals surface area (Å²) in [5.74, 6) is 0.230. The van der Waals surface area contributed by atoms with Crippen LogP contribution in [0.2, 0.25) is 0 Å². The Kier molecular flexibility index (Phi) is 3.20. The summed E-state index contributed by atoms with van der Waals surface area (Å²) >= 11 is 1.64. The number of aryl methyl sites for hydroxylation is 2. The van der Waals surface area contributed by atoms with Gasteiger partial charge in [-0.3, -0.25) is 4.79 Å². The number of thiazole rings is 1. The van der Waals surface area contributed by atoms with Gasteiger partial charge in [0.2, 0.25) is 0 Å². The number of ketones is 1. The normalized spacial score (nSPS) is 12.9. The van der Waals surface area contributed by atoms with Gasteiger partial charge in [-0.2, -0.15) is 0 Å². The van der Waals surface area contributed by atoms with E-state index < -0.39 is 0 Å². The van der Waals surface area contributed by atoms with Crippen molar-refractivity contribution in [2.75, 3.05) is 0 Å². The maximum absolute atomic E-state index is 11.3. The zero-order valence-corrected chi connectivity index (χ0v) is 9.36. The number of Topliss-reactive ketones (excluding diaryl/α,β-unsaturated/α-hetero) is 1. The second-order valence-electron chi connectivity index (χ2n) is 3.27. The third-order valence-electron chi connectivity index (χ3n) is 2.24. The maximum Gasteiger partial charge on any atom is 0.139 e. The standard InChI is InChI=1S/C10H15NOS/c1-5-9(7(3)12)10-11-6(2)8(4)13-10/h9H,5H2,1-4H3. The molecule has 1 unspecified atom stereocenters. The second kappa shape index (κ2) is 4.01. The van der Waals surface area contributed by atoms with Gasteiger partial charge < -0.3 is 0 Å². The van der Waals surface area contributed by atoms with E-state index in [1.165, 1.54) is 4.88 Å². The third kappa shape index (κ3) is 2.15. The zero-order valence-electron chi connectivity index (χ0n) is 8.55. The number of aromatic nitrogens is 1. The van der Waals surface area contributed by atoms with Crippen LogP contribution in [-0.4, -0.2) is 10.8 Å². The number of hydrogen-bond acceptors (Lipinski definition) is 3. The lowest BCUT2D eigenvalue weighted by Crippen LogP contribution is -2.06. The van der Waals surface area contributed by atoms with Gasteiger partial charge in [0.1, 0.15) is 10.8 Å². The first-order valence-corrected chi connectivity index (χ1v) is 5.32. The predicted molar refractivity (Wildman–Crippen MR) is 55.3 cm³/mol. The molecule has 0 fully saturated rings. The quantitative estimate of drug-likeness (QED) is 0.745. The minimum Gasteiger partial charge on any atom is -0.299 e. The highest BCUT2D eigenvalue weighted by Crippen LogP contribution is 2.27. The van der Waals surface area contributed by atoms with Crippen molar-refractivity contribution in [2.45, 2.75) is 40.0 Å². The SMILES string of the molecule is CCC(C(C)=O)c1nc(C)c(C)s1. The predicted octanol–water partition coefficient (Wildman–Crippen LogP) is 2.84. The fraction of sp³-hybridized carbons (Fsp3) is 0.600. The Morgan fingerprint density at radius 2 is 2.15 bits per heavy atom. The van der Waals surface area contributed by atoms with Crippen molar-refractivity contribution >= 4 is 17.1 Å². The molecule has 2 nitrogen and oxygen atoms in total. The van der Waals surface area contributed by atoms with E-state index in [9.17, 15) is 4.79 Å². The molecule has 13 heavy (non-hydrogen) atoms. The third-order valence-corrected chi connectivity index (χ3v) is 3.43. The summed E-state index contributed by atoms with van der Waals surface area (Å²) in [6.45, 7) is 7.70. The van der Waals surface area contributed by atoms with Crippen LogP contribution in [0.1, 0.15) is 41.8 Å². The van der Waals surface area contributed by atoms with Crippen LogP contribution in [0.3, 0.4) is 0 Å². The van der Waals surface area contributed by atoms with Crippen LogP contribution in [0.5, 0.6) is 0 Å². The van der Waals surface area contributed by atoms with Crippen molar-refractivity contribution in [2.24, 2.45) is 0 Å². The first kappa shape index (κ1) is 10.4. The summed E-state index contributed by atoms with van der Waals surface area (Å²) < 4.78 is 0. The Balaban J connectivity index is 2.98. The lowest BCUT2D eigenvalue weighted by molar-refractivity contribution is -0.118. The molecule has 1 heterocycles. The van der Waals surface area contributed by atoms with Crippen LogP contribution in [0, 0.1) is 13.8 Å². The van der Waals surface area contributed by atoms with E-state index in [0.29, 0.717) is 0 Å². The van der Waals surface area contributed by atoms with Crippen LogP contribution in [0.15, 0.2) is 0 Å². The average molecular weight is 197 g/mol. The first-order chi connectivity index (χ1) is 6.06. The largest absolute Gasteiger partial charge is 0.299 e. The fourth-order valence-corrected chi connectivity index (χ4v) is 2.45. The molecule has 0 bridgehead atoms. The molecular formula is C10H15NOS. The van der Waals surface area contributed by atoms with Crippen LogP contribution in [0.4, 0.5) is 0 Å². The number of carbonyl (C=O) groups excluding carboxylic acids is 1. The highest BCUT2D eigenvalue weighted by atomic mass is 32.1. The molecule has 0 aliphatic heterocycles. The molecule has 0 N–H and O–H groups in total. The molecule has 0 aliphatic rings. The molecule has 3 heteroatoms. The van der Waals surface area contributed by atoms with Gasteiger partial charge in [0.25, 0.3) is 0 Å². The van der Waals surface area contributed by atoms with Gasteiger partial charge in [-0.25, -0.2) is 4.98 Å². The van der Waals surface area contributed by atoms with E-state index in [2.05, 4.69) is 4.98 Å². The van der Waals surface area contributed by atoms with Gasteiger partial charge in [-0.1, -0.05) is 6.92 Å². The molecule has 1 aromatic heterocycles. The minimum atomic E-state index is 0.0115. The Bertz CT molecular complexity index is 297. The van der Waals surface area contributed by atoms with Crippen LogP contribution in [0.25, 0.3) is 0 Å². The molecule has 1 rings (SSSR count). The first-order valence-electron chi connectivity index (χ1n) is 4.50. The molecule has 0 spiro atoms. The second-order valence-corrected chi connectivity index (χ2v) is 4.50. The molecule has 72 valence electrons. The summed E-state index contributed by atoms with van der Waals surface area (Å²) in [6, 6.07) is 0.